The molecule has 5 aliphatic heterocycles. The van der Waals surface area contributed by atoms with Gasteiger partial charge in [0.2, 0.25) is 0 Å². The predicted molar refractivity (Wildman–Crippen MR) is 170 cm³/mol. The van der Waals surface area contributed by atoms with Gasteiger partial charge in [-0.3, -0.25) is 9.59 Å². The van der Waals surface area contributed by atoms with Crippen molar-refractivity contribution >= 4 is 29.1 Å². The van der Waals surface area contributed by atoms with E-state index in [2.05, 4.69) is 18.3 Å². The summed E-state index contributed by atoms with van der Waals surface area (Å²) in [7, 11) is 2.65. The Hall–Kier alpha value is -5.04. The molecule has 6 rings (SSSR count). The second-order valence-electron chi connectivity index (χ2n) is 11.9. The van der Waals surface area contributed by atoms with Crippen molar-refractivity contribution in [1.82, 2.24) is 5.32 Å². The van der Waals surface area contributed by atoms with Gasteiger partial charge in [0.15, 0.2) is 0 Å². The van der Waals surface area contributed by atoms with E-state index in [1.54, 1.807) is 0 Å². The van der Waals surface area contributed by atoms with Crippen LogP contribution in [0.25, 0.3) is 0 Å². The van der Waals surface area contributed by atoms with Crippen LogP contribution in [0.15, 0.2) is 106 Å². The molecule has 0 aromatic carbocycles. The zero-order valence-corrected chi connectivity index (χ0v) is 26.5. The van der Waals surface area contributed by atoms with Crippen LogP contribution in [-0.4, -0.2) is 48.4 Å². The number of fused-ring (bicyclic) bond motifs is 5. The molecule has 45 heavy (non-hydrogen) atoms. The van der Waals surface area contributed by atoms with Crippen LogP contribution in [-0.2, 0) is 19.1 Å². The van der Waals surface area contributed by atoms with Crippen molar-refractivity contribution in [3.8, 4) is 6.07 Å². The van der Waals surface area contributed by atoms with Gasteiger partial charge in [-0.05, 0) is 74.1 Å². The third-order valence-corrected chi connectivity index (χ3v) is 9.61. The van der Waals surface area contributed by atoms with Gasteiger partial charge >= 0.3 is 11.9 Å². The van der Waals surface area contributed by atoms with E-state index in [4.69, 9.17) is 24.5 Å². The molecule has 0 spiro atoms. The summed E-state index contributed by atoms with van der Waals surface area (Å²) >= 11 is 0. The first-order valence-electron chi connectivity index (χ1n) is 15.1. The number of nitrogens with one attached hydrogen (secondary N) is 1. The van der Waals surface area contributed by atoms with Crippen LogP contribution in [0.2, 0.25) is 0 Å². The molecule has 6 aliphatic rings. The lowest BCUT2D eigenvalue weighted by molar-refractivity contribution is -0.143. The van der Waals surface area contributed by atoms with Crippen LogP contribution in [0.1, 0.15) is 53.9 Å². The number of esters is 2. The van der Waals surface area contributed by atoms with Gasteiger partial charge in [-0.2, -0.15) is 5.26 Å². The number of nitrogens with zero attached hydrogens (tertiary/aromatic N) is 4. The number of allylic oxidation sites excluding steroid dienone is 11. The van der Waals surface area contributed by atoms with Crippen molar-refractivity contribution in [1.29, 1.82) is 5.26 Å². The zero-order chi connectivity index (χ0) is 32.3. The number of methoxy groups -OCH3 is 2. The maximum atomic E-state index is 13.3. The van der Waals surface area contributed by atoms with Crippen LogP contribution >= 0.6 is 0 Å². The van der Waals surface area contributed by atoms with Crippen molar-refractivity contribution in [2.24, 2.45) is 32.7 Å². The summed E-state index contributed by atoms with van der Waals surface area (Å²) in [4.78, 5) is 40.4. The summed E-state index contributed by atoms with van der Waals surface area (Å²) in [5.74, 6) is -2.54. The Balaban J connectivity index is 1.66. The molecular weight excluding hydrogens is 570 g/mol. The Morgan fingerprint density at radius 2 is 1.71 bits per heavy atom. The van der Waals surface area contributed by atoms with Gasteiger partial charge in [0.05, 0.1) is 54.0 Å². The zero-order valence-electron chi connectivity index (χ0n) is 26.5. The van der Waals surface area contributed by atoms with Gasteiger partial charge in [-0.25, -0.2) is 15.0 Å². The van der Waals surface area contributed by atoms with Crippen molar-refractivity contribution in [2.45, 2.75) is 53.9 Å². The maximum absolute atomic E-state index is 13.3. The third-order valence-electron chi connectivity index (χ3n) is 9.61. The summed E-state index contributed by atoms with van der Waals surface area (Å²) in [6.45, 7) is 9.87. The molecule has 10 heteroatoms. The van der Waals surface area contributed by atoms with E-state index in [-0.39, 0.29) is 30.0 Å². The molecule has 1 aliphatic carbocycles. The fourth-order valence-corrected chi connectivity index (χ4v) is 7.01. The van der Waals surface area contributed by atoms with Crippen molar-refractivity contribution in [3.05, 3.63) is 91.5 Å². The molecule has 0 aromatic heterocycles. The van der Waals surface area contributed by atoms with Crippen LogP contribution in [0.3, 0.4) is 0 Å². The quantitative estimate of drug-likeness (QED) is 0.392. The van der Waals surface area contributed by atoms with Gasteiger partial charge < -0.3 is 19.9 Å². The first-order valence-corrected chi connectivity index (χ1v) is 15.1. The molecule has 230 valence electrons. The standard InChI is InChI=1S/C35H35N5O5/c1-8-19-15(2)23-12-27-21(14-36)17(4)22(38-27)11-24-16(3)20(9-10-28(41)44-6)32(39-24)30-31(35(43)45-7)34(42)29-18(5)25(40-33(29)30)13-26(19)37-23/h11-13,16,20,31,39,42H,8-10H2,1-7H3. The Kier molecular flexibility index (Phi) is 7.43. The molecule has 0 radical (unpaired) electrons. The minimum Gasteiger partial charge on any atom is -0.510 e. The van der Waals surface area contributed by atoms with Crippen LogP contribution in [0.5, 0.6) is 0 Å². The van der Waals surface area contributed by atoms with Crippen LogP contribution < -0.4 is 5.32 Å². The highest BCUT2D eigenvalue weighted by atomic mass is 16.5. The number of aliphatic hydroxyl groups is 1. The Labute approximate surface area is 262 Å². The topological polar surface area (TPSA) is 146 Å². The molecule has 8 bridgehead atoms. The summed E-state index contributed by atoms with van der Waals surface area (Å²) in [5.41, 5.74) is 10.3. The molecule has 0 amide bonds. The lowest BCUT2D eigenvalue weighted by atomic mass is 9.84. The van der Waals surface area contributed by atoms with Crippen LogP contribution in [0.4, 0.5) is 0 Å². The van der Waals surface area contributed by atoms with Gasteiger partial charge in [0.1, 0.15) is 17.7 Å². The van der Waals surface area contributed by atoms with Gasteiger partial charge in [-0.1, -0.05) is 13.8 Å². The average molecular weight is 606 g/mol. The number of ether oxygens (including phenoxy) is 2. The number of carbonyl (C=O) groups is 2. The molecule has 0 aromatic rings. The number of rotatable bonds is 5. The summed E-state index contributed by atoms with van der Waals surface area (Å²) in [6.07, 6.45) is 7.02. The number of hydrogen-bond donors (Lipinski definition) is 2. The molecule has 2 N–H and O–H groups in total. The molecule has 3 unspecified atom stereocenters. The highest BCUT2D eigenvalue weighted by Gasteiger charge is 2.49. The minimum atomic E-state index is -1.09. The minimum absolute atomic E-state index is 0.114. The monoisotopic (exact) mass is 605 g/mol. The normalized spacial score (nSPS) is 25.2. The third kappa shape index (κ3) is 4.57. The van der Waals surface area contributed by atoms with Crippen molar-refractivity contribution in [2.75, 3.05) is 14.2 Å². The second-order valence-corrected chi connectivity index (χ2v) is 11.9. The van der Waals surface area contributed by atoms with Crippen molar-refractivity contribution in [3.63, 3.8) is 0 Å². The van der Waals surface area contributed by atoms with Gasteiger partial charge in [-0.15, -0.1) is 0 Å². The lowest BCUT2D eigenvalue weighted by Crippen LogP contribution is -2.25. The number of carbonyl (C=O) groups excluding carboxylic acids is 2. The Bertz CT molecular complexity index is 1880. The molecule has 1 fully saturated rings. The second kappa shape index (κ2) is 11.1. The Morgan fingerprint density at radius 1 is 1.00 bits per heavy atom. The first-order chi connectivity index (χ1) is 21.5. The van der Waals surface area contributed by atoms with E-state index in [9.17, 15) is 20.0 Å². The first kappa shape index (κ1) is 30.0. The average Bonchev–Trinajstić information content (AvgIpc) is 3.76. The SMILES string of the molecule is CCC1=C(C)C2=NC1=CC1=C(C)C3=C(O)C(C(=O)OC)C(=C4NC(=CC5=NC(=C2)C(C#N)=C5C)C(C)C4CCC(=O)OC)C3=N1. The van der Waals surface area contributed by atoms with Crippen LogP contribution in [0, 0.1) is 29.1 Å². The van der Waals surface area contributed by atoms with E-state index in [0.717, 1.165) is 45.8 Å². The molecule has 5 heterocycles. The predicted octanol–water partition coefficient (Wildman–Crippen LogP) is 5.53. The van der Waals surface area contributed by atoms with E-state index >= 15 is 0 Å². The fraction of sp³-hybridized carbons (Fsp3) is 0.371. The fourth-order valence-electron chi connectivity index (χ4n) is 7.01. The number of aliphatic imine (C=N–C) groups is 3. The van der Waals surface area contributed by atoms with E-state index in [1.165, 1.54) is 14.2 Å². The highest BCUT2D eigenvalue weighted by Crippen LogP contribution is 2.49. The summed E-state index contributed by atoms with van der Waals surface area (Å²) in [5, 5.41) is 25.3. The molecule has 1 saturated heterocycles. The van der Waals surface area contributed by atoms with Crippen molar-refractivity contribution < 1.29 is 24.2 Å². The number of nitriles is 1. The van der Waals surface area contributed by atoms with Gasteiger partial charge in [0, 0.05) is 40.8 Å². The lowest BCUT2D eigenvalue weighted by Gasteiger charge is -2.20. The maximum Gasteiger partial charge on any atom is 0.321 e. The molecule has 3 atom stereocenters. The molecular formula is C35H35N5O5. The number of aliphatic hydroxyl groups excluding tert-OH is 1. The Morgan fingerprint density at radius 3 is 2.38 bits per heavy atom. The van der Waals surface area contributed by atoms with E-state index in [1.807, 2.05) is 45.9 Å². The number of hydrogen-bond acceptors (Lipinski definition) is 10. The van der Waals surface area contributed by atoms with E-state index < -0.39 is 11.9 Å². The van der Waals surface area contributed by atoms with E-state index in [0.29, 0.717) is 51.7 Å². The largest absolute Gasteiger partial charge is 0.510 e. The molecule has 0 saturated carbocycles. The summed E-state index contributed by atoms with van der Waals surface area (Å²) in [6, 6.07) is 2.33. The summed E-state index contributed by atoms with van der Waals surface area (Å²) < 4.78 is 10.1. The smallest absolute Gasteiger partial charge is 0.321 e. The highest BCUT2D eigenvalue weighted by molar-refractivity contribution is 6.24. The van der Waals surface area contributed by atoms with Gasteiger partial charge in [0.25, 0.3) is 0 Å². The molecule has 10 nitrogen and oxygen atoms in total.